The number of benzene rings is 3. The molecule has 0 saturated heterocycles. The van der Waals surface area contributed by atoms with Crippen molar-refractivity contribution in [3.63, 3.8) is 0 Å². The molecule has 166 valence electrons. The van der Waals surface area contributed by atoms with Gasteiger partial charge in [0.15, 0.2) is 5.72 Å². The molecule has 4 aromatic rings. The van der Waals surface area contributed by atoms with E-state index in [0.717, 1.165) is 5.56 Å². The number of anilines is 2. The molecule has 1 atom stereocenters. The van der Waals surface area contributed by atoms with Crippen molar-refractivity contribution < 1.29 is 19.4 Å². The van der Waals surface area contributed by atoms with Crippen molar-refractivity contribution in [3.8, 4) is 0 Å². The van der Waals surface area contributed by atoms with E-state index < -0.39 is 11.8 Å². The van der Waals surface area contributed by atoms with Gasteiger partial charge in [0, 0.05) is 27.4 Å². The molecular weight excluding hydrogens is 444 g/mol. The Morgan fingerprint density at radius 3 is 2.73 bits per heavy atom. The Hall–Kier alpha value is -3.88. The van der Waals surface area contributed by atoms with Crippen LogP contribution < -0.4 is 10.2 Å². The molecule has 33 heavy (non-hydrogen) atoms. The maximum Gasteiger partial charge on any atom is 0.413 e. The number of amides is 2. The fraction of sp³-hybridized carbons (Fsp3) is 0.125. The van der Waals surface area contributed by atoms with E-state index in [4.69, 9.17) is 11.6 Å². The first-order valence-corrected chi connectivity index (χ1v) is 10.5. The number of carbonyl (C=O) groups is 2. The largest absolute Gasteiger partial charge is 0.453 e. The van der Waals surface area contributed by atoms with Crippen molar-refractivity contribution in [3.05, 3.63) is 87.9 Å². The molecule has 0 radical (unpaired) electrons. The summed E-state index contributed by atoms with van der Waals surface area (Å²) >= 11 is 6.20. The van der Waals surface area contributed by atoms with Crippen LogP contribution in [0.3, 0.4) is 0 Å². The van der Waals surface area contributed by atoms with Crippen LogP contribution in [-0.4, -0.2) is 34.2 Å². The summed E-state index contributed by atoms with van der Waals surface area (Å²) in [6.07, 6.45) is -0.660. The summed E-state index contributed by atoms with van der Waals surface area (Å²) in [5.41, 5.74) is 1.98. The highest BCUT2D eigenvalue weighted by molar-refractivity contribution is 6.31. The van der Waals surface area contributed by atoms with E-state index in [1.54, 1.807) is 60.7 Å². The lowest BCUT2D eigenvalue weighted by molar-refractivity contribution is 0.0704. The summed E-state index contributed by atoms with van der Waals surface area (Å²) in [7, 11) is 1.26. The zero-order valence-corrected chi connectivity index (χ0v) is 18.5. The van der Waals surface area contributed by atoms with E-state index in [0.29, 0.717) is 38.4 Å². The number of nitrogens with zero attached hydrogens (tertiary/aromatic N) is 2. The number of nitrogens with one attached hydrogen (secondary N) is 2. The van der Waals surface area contributed by atoms with Crippen molar-refractivity contribution in [2.45, 2.75) is 12.6 Å². The fourth-order valence-corrected chi connectivity index (χ4v) is 4.27. The van der Waals surface area contributed by atoms with Crippen molar-refractivity contribution in [1.29, 1.82) is 0 Å². The van der Waals surface area contributed by atoms with Crippen molar-refractivity contribution in [2.24, 2.45) is 0 Å². The maximum absolute atomic E-state index is 13.5. The van der Waals surface area contributed by atoms with E-state index >= 15 is 0 Å². The van der Waals surface area contributed by atoms with E-state index in [1.807, 2.05) is 6.92 Å². The molecular formula is C24H19ClN4O4. The number of rotatable bonds is 3. The molecule has 3 N–H and O–H groups in total. The van der Waals surface area contributed by atoms with Crippen molar-refractivity contribution in [2.75, 3.05) is 17.3 Å². The molecule has 9 heteroatoms. The van der Waals surface area contributed by atoms with Gasteiger partial charge in [0.2, 0.25) is 5.95 Å². The van der Waals surface area contributed by atoms with Gasteiger partial charge >= 0.3 is 6.09 Å². The van der Waals surface area contributed by atoms with Gasteiger partial charge in [-0.05, 0) is 48.9 Å². The molecule has 0 fully saturated rings. The van der Waals surface area contributed by atoms with Crippen LogP contribution in [-0.2, 0) is 10.5 Å². The van der Waals surface area contributed by atoms with Crippen molar-refractivity contribution in [1.82, 2.24) is 9.97 Å². The number of imidazole rings is 1. The first kappa shape index (κ1) is 21.0. The zero-order valence-electron chi connectivity index (χ0n) is 17.7. The van der Waals surface area contributed by atoms with E-state index in [-0.39, 0.29) is 11.9 Å². The molecule has 0 aliphatic carbocycles. The van der Waals surface area contributed by atoms with Gasteiger partial charge in [-0.15, -0.1) is 0 Å². The molecule has 2 heterocycles. The van der Waals surface area contributed by atoms with E-state index in [2.05, 4.69) is 20.0 Å². The first-order chi connectivity index (χ1) is 15.8. The molecule has 1 aliphatic rings. The highest BCUT2D eigenvalue weighted by Gasteiger charge is 2.50. The van der Waals surface area contributed by atoms with Gasteiger partial charge in [-0.1, -0.05) is 35.9 Å². The molecule has 5 rings (SSSR count). The molecule has 0 saturated carbocycles. The summed E-state index contributed by atoms with van der Waals surface area (Å²) in [5, 5.41) is 15.2. The Labute approximate surface area is 193 Å². The molecule has 8 nitrogen and oxygen atoms in total. The fourth-order valence-electron chi connectivity index (χ4n) is 4.15. The lowest BCUT2D eigenvalue weighted by Gasteiger charge is -2.35. The second kappa shape index (κ2) is 7.61. The van der Waals surface area contributed by atoms with E-state index in [9.17, 15) is 14.7 Å². The number of methoxy groups -OCH3 is 1. The minimum Gasteiger partial charge on any atom is -0.453 e. The summed E-state index contributed by atoms with van der Waals surface area (Å²) in [6, 6.07) is 17.3. The number of fused-ring (bicyclic) bond motifs is 2. The van der Waals surface area contributed by atoms with Crippen LogP contribution in [0, 0.1) is 6.92 Å². The SMILES string of the molecule is COC(=O)Nc1nc2ccc(C3(O)c4ccccc4C(=O)N3c3ccc(Cl)c(C)c3)cc2[nH]1. The zero-order chi connectivity index (χ0) is 23.3. The lowest BCUT2D eigenvalue weighted by Crippen LogP contribution is -2.45. The van der Waals surface area contributed by atoms with Crippen LogP contribution >= 0.6 is 11.6 Å². The number of aromatic amines is 1. The van der Waals surface area contributed by atoms with Crippen molar-refractivity contribution >= 4 is 46.3 Å². The average molecular weight is 463 g/mol. The van der Waals surface area contributed by atoms with Gasteiger partial charge in [0.1, 0.15) is 0 Å². The highest BCUT2D eigenvalue weighted by atomic mass is 35.5. The number of hydrogen-bond donors (Lipinski definition) is 3. The number of aliphatic hydroxyl groups is 1. The molecule has 1 aromatic heterocycles. The molecule has 0 spiro atoms. The second-order valence-corrected chi connectivity index (χ2v) is 8.13. The van der Waals surface area contributed by atoms with Gasteiger partial charge in [0.05, 0.1) is 18.1 Å². The van der Waals surface area contributed by atoms with Crippen LogP contribution in [0.25, 0.3) is 11.0 Å². The first-order valence-electron chi connectivity index (χ1n) is 10.1. The third-order valence-electron chi connectivity index (χ3n) is 5.75. The Bertz CT molecular complexity index is 1430. The third kappa shape index (κ3) is 3.23. The minimum atomic E-state index is -1.77. The summed E-state index contributed by atoms with van der Waals surface area (Å²) in [6.45, 7) is 1.84. The Balaban J connectivity index is 1.68. The van der Waals surface area contributed by atoms with Crippen LogP contribution in [0.5, 0.6) is 0 Å². The van der Waals surface area contributed by atoms with Gasteiger partial charge < -0.3 is 14.8 Å². The van der Waals surface area contributed by atoms with Gasteiger partial charge in [-0.2, -0.15) is 0 Å². The third-order valence-corrected chi connectivity index (χ3v) is 6.17. The number of halogens is 1. The van der Waals surface area contributed by atoms with Crippen LogP contribution in [0.1, 0.15) is 27.0 Å². The lowest BCUT2D eigenvalue weighted by atomic mass is 9.93. The van der Waals surface area contributed by atoms with Gasteiger partial charge in [0.25, 0.3) is 5.91 Å². The van der Waals surface area contributed by atoms with E-state index in [1.165, 1.54) is 12.0 Å². The average Bonchev–Trinajstić information content (AvgIpc) is 3.32. The minimum absolute atomic E-state index is 0.203. The normalized spacial score (nSPS) is 17.3. The Morgan fingerprint density at radius 1 is 1.18 bits per heavy atom. The summed E-state index contributed by atoms with van der Waals surface area (Å²) in [5.74, 6) is -0.123. The highest BCUT2D eigenvalue weighted by Crippen LogP contribution is 2.45. The number of hydrogen-bond acceptors (Lipinski definition) is 5. The number of aromatic nitrogens is 2. The predicted molar refractivity (Wildman–Crippen MR) is 125 cm³/mol. The summed E-state index contributed by atoms with van der Waals surface area (Å²) < 4.78 is 4.60. The molecule has 0 bridgehead atoms. The maximum atomic E-state index is 13.5. The molecule has 3 aromatic carbocycles. The number of aryl methyl sites for hydroxylation is 1. The number of H-pyrrole nitrogens is 1. The smallest absolute Gasteiger partial charge is 0.413 e. The van der Waals surface area contributed by atoms with Crippen LogP contribution in [0.2, 0.25) is 5.02 Å². The van der Waals surface area contributed by atoms with Gasteiger partial charge in [-0.3, -0.25) is 15.0 Å². The quantitative estimate of drug-likeness (QED) is 0.414. The van der Waals surface area contributed by atoms with Crippen LogP contribution in [0.4, 0.5) is 16.4 Å². The predicted octanol–water partition coefficient (Wildman–Crippen LogP) is 4.56. The summed E-state index contributed by atoms with van der Waals surface area (Å²) in [4.78, 5) is 33.6. The second-order valence-electron chi connectivity index (χ2n) is 7.73. The van der Waals surface area contributed by atoms with Gasteiger partial charge in [-0.25, -0.2) is 9.78 Å². The van der Waals surface area contributed by atoms with Crippen LogP contribution in [0.15, 0.2) is 60.7 Å². The standard InChI is InChI=1S/C24H19ClN4O4/c1-13-11-15(8-9-18(13)25)29-21(30)16-5-3-4-6-17(16)24(29,32)14-7-10-19-20(12-14)27-22(26-19)28-23(31)33-2/h3-12,32H,1-2H3,(H2,26,27,28,31). The number of carbonyl (C=O) groups excluding carboxylic acids is 2. The topological polar surface area (TPSA) is 108 Å². The Morgan fingerprint density at radius 2 is 1.97 bits per heavy atom. The Kier molecular flexibility index (Phi) is 4.84. The molecule has 2 amide bonds. The monoisotopic (exact) mass is 462 g/mol. The molecule has 1 unspecified atom stereocenters. The number of ether oxygens (including phenoxy) is 1. The molecule has 1 aliphatic heterocycles.